The van der Waals surface area contributed by atoms with Gasteiger partial charge in [-0.3, -0.25) is 0 Å². The minimum atomic E-state index is -0.187. The van der Waals surface area contributed by atoms with Crippen LogP contribution in [-0.2, 0) is 0 Å². The highest BCUT2D eigenvalue weighted by Crippen LogP contribution is 2.47. The maximum absolute atomic E-state index is 10.6. The second-order valence-electron chi connectivity index (χ2n) is 6.84. The monoisotopic (exact) mass is 233 g/mol. The topological polar surface area (TPSA) is 20.2 Å². The third-order valence-corrected chi connectivity index (χ3v) is 3.04. The van der Waals surface area contributed by atoms with Crippen LogP contribution in [0, 0.1) is 16.9 Å². The summed E-state index contributed by atoms with van der Waals surface area (Å²) in [4.78, 5) is 0. The molecule has 17 heavy (non-hydrogen) atoms. The molecule has 0 aliphatic heterocycles. The molecule has 0 amide bonds. The molecule has 1 atom stereocenters. The van der Waals surface area contributed by atoms with Gasteiger partial charge in [0.05, 0.1) is 0 Å². The molecule has 1 unspecified atom stereocenters. The molecule has 95 valence electrons. The summed E-state index contributed by atoms with van der Waals surface area (Å²) in [5.41, 5.74) is 1.01. The summed E-state index contributed by atoms with van der Waals surface area (Å²) < 4.78 is 0. The Bertz CT molecular complexity index is 340. The molecule has 0 spiro atoms. The van der Waals surface area contributed by atoms with E-state index in [-0.39, 0.29) is 16.7 Å². The van der Waals surface area contributed by atoms with Gasteiger partial charge in [0, 0.05) is 5.92 Å². The number of hydrogen-bond donors (Lipinski definition) is 1. The van der Waals surface area contributed by atoms with Crippen molar-refractivity contribution in [1.82, 2.24) is 0 Å². The third kappa shape index (κ3) is 3.57. The maximum Gasteiger partial charge on any atom is 0.107 e. The molecule has 1 radical (unpaired) electrons. The third-order valence-electron chi connectivity index (χ3n) is 3.04. The Morgan fingerprint density at radius 1 is 0.941 bits per heavy atom. The molecule has 0 heterocycles. The lowest BCUT2D eigenvalue weighted by Crippen LogP contribution is -2.32. The van der Waals surface area contributed by atoms with Crippen LogP contribution in [-0.4, -0.2) is 5.11 Å². The smallest absolute Gasteiger partial charge is 0.107 e. The summed E-state index contributed by atoms with van der Waals surface area (Å²) in [6, 6.07) is 10.3. The maximum atomic E-state index is 10.6. The van der Waals surface area contributed by atoms with Crippen LogP contribution in [0.15, 0.2) is 30.3 Å². The van der Waals surface area contributed by atoms with Gasteiger partial charge in [0.25, 0.3) is 0 Å². The van der Waals surface area contributed by atoms with Crippen LogP contribution in [0.1, 0.15) is 53.0 Å². The van der Waals surface area contributed by atoms with Crippen molar-refractivity contribution in [2.24, 2.45) is 10.8 Å². The Morgan fingerprint density at radius 3 is 1.76 bits per heavy atom. The molecule has 0 saturated heterocycles. The SMILES string of the molecule is CC(C)(C)[C](O)C(c1ccccc1)C(C)(C)C. The summed E-state index contributed by atoms with van der Waals surface area (Å²) in [6.45, 7) is 12.7. The fraction of sp³-hybridized carbons (Fsp3) is 0.562. The lowest BCUT2D eigenvalue weighted by molar-refractivity contribution is 0.105. The van der Waals surface area contributed by atoms with E-state index in [1.54, 1.807) is 0 Å². The van der Waals surface area contributed by atoms with Crippen molar-refractivity contribution in [2.45, 2.75) is 47.5 Å². The Labute approximate surface area is 106 Å². The molecule has 1 aromatic rings. The fourth-order valence-electron chi connectivity index (χ4n) is 2.15. The van der Waals surface area contributed by atoms with Crippen molar-refractivity contribution in [3.8, 4) is 0 Å². The van der Waals surface area contributed by atoms with Crippen LogP contribution >= 0.6 is 0 Å². The van der Waals surface area contributed by atoms with E-state index in [0.717, 1.165) is 0 Å². The second-order valence-corrected chi connectivity index (χ2v) is 6.84. The zero-order chi connectivity index (χ0) is 13.3. The predicted molar refractivity (Wildman–Crippen MR) is 73.3 cm³/mol. The quantitative estimate of drug-likeness (QED) is 0.780. The van der Waals surface area contributed by atoms with Gasteiger partial charge in [-0.05, 0) is 16.4 Å². The first-order valence-corrected chi connectivity index (χ1v) is 6.25. The molecule has 1 N–H and O–H groups in total. The number of rotatable bonds is 2. The lowest BCUT2D eigenvalue weighted by Gasteiger charge is -2.40. The standard InChI is InChI=1S/C16H25O/c1-15(2,3)13(14(17)16(4,5)6)12-10-8-7-9-11-12/h7-11,13,17H,1-6H3. The first-order valence-electron chi connectivity index (χ1n) is 6.25. The first kappa shape index (κ1) is 14.2. The molecule has 1 heteroatoms. The molecule has 1 aromatic carbocycles. The van der Waals surface area contributed by atoms with E-state index in [0.29, 0.717) is 6.10 Å². The van der Waals surface area contributed by atoms with Crippen molar-refractivity contribution in [1.29, 1.82) is 0 Å². The largest absolute Gasteiger partial charge is 0.386 e. The fourth-order valence-corrected chi connectivity index (χ4v) is 2.15. The summed E-state index contributed by atoms with van der Waals surface area (Å²) in [7, 11) is 0. The van der Waals surface area contributed by atoms with Gasteiger partial charge in [-0.2, -0.15) is 0 Å². The summed E-state index contributed by atoms with van der Waals surface area (Å²) in [6.07, 6.45) is 0.566. The minimum absolute atomic E-state index is 0.0126. The van der Waals surface area contributed by atoms with Gasteiger partial charge in [-0.15, -0.1) is 0 Å². The molecule has 0 aliphatic rings. The van der Waals surface area contributed by atoms with E-state index in [1.165, 1.54) is 5.56 Å². The molecule has 0 fully saturated rings. The molecular weight excluding hydrogens is 208 g/mol. The number of hydrogen-bond acceptors (Lipinski definition) is 1. The first-order chi connectivity index (χ1) is 7.64. The molecule has 0 aromatic heterocycles. The molecule has 1 rings (SSSR count). The van der Waals surface area contributed by atoms with E-state index in [9.17, 15) is 5.11 Å². The van der Waals surface area contributed by atoms with Crippen molar-refractivity contribution in [3.05, 3.63) is 42.0 Å². The Balaban J connectivity index is 3.15. The molecule has 0 saturated carbocycles. The van der Waals surface area contributed by atoms with Crippen LogP contribution in [0.2, 0.25) is 0 Å². The van der Waals surface area contributed by atoms with Crippen LogP contribution in [0.4, 0.5) is 0 Å². The van der Waals surface area contributed by atoms with Crippen molar-refractivity contribution >= 4 is 0 Å². The summed E-state index contributed by atoms with van der Waals surface area (Å²) in [5, 5.41) is 10.6. The normalized spacial score (nSPS) is 15.1. The molecule has 0 bridgehead atoms. The van der Waals surface area contributed by atoms with Crippen molar-refractivity contribution < 1.29 is 5.11 Å². The number of benzene rings is 1. The van der Waals surface area contributed by atoms with E-state index >= 15 is 0 Å². The predicted octanol–water partition coefficient (Wildman–Crippen LogP) is 4.77. The average molecular weight is 233 g/mol. The van der Waals surface area contributed by atoms with Gasteiger partial charge in [-0.1, -0.05) is 71.9 Å². The number of aliphatic hydroxyl groups excluding tert-OH is 1. The number of aliphatic hydroxyl groups is 1. The van der Waals surface area contributed by atoms with E-state index < -0.39 is 0 Å². The average Bonchev–Trinajstić information content (AvgIpc) is 2.15. The van der Waals surface area contributed by atoms with Crippen molar-refractivity contribution in [3.63, 3.8) is 0 Å². The Hall–Kier alpha value is -0.820. The summed E-state index contributed by atoms with van der Waals surface area (Å²) in [5.74, 6) is 0.0729. The zero-order valence-electron chi connectivity index (χ0n) is 11.9. The second kappa shape index (κ2) is 4.81. The highest BCUT2D eigenvalue weighted by atomic mass is 16.3. The lowest BCUT2D eigenvalue weighted by atomic mass is 9.67. The van der Waals surface area contributed by atoms with Gasteiger partial charge >= 0.3 is 0 Å². The van der Waals surface area contributed by atoms with Crippen LogP contribution < -0.4 is 0 Å². The highest BCUT2D eigenvalue weighted by molar-refractivity contribution is 5.27. The molecular formula is C16H25O. The summed E-state index contributed by atoms with van der Waals surface area (Å²) >= 11 is 0. The van der Waals surface area contributed by atoms with Gasteiger partial charge in [0.15, 0.2) is 0 Å². The minimum Gasteiger partial charge on any atom is -0.386 e. The molecule has 1 nitrogen and oxygen atoms in total. The van der Waals surface area contributed by atoms with E-state index in [2.05, 4.69) is 53.7 Å². The zero-order valence-corrected chi connectivity index (χ0v) is 11.9. The van der Waals surface area contributed by atoms with Gasteiger partial charge in [0.2, 0.25) is 0 Å². The Morgan fingerprint density at radius 2 is 1.41 bits per heavy atom. The van der Waals surface area contributed by atoms with Gasteiger partial charge < -0.3 is 5.11 Å². The molecule has 0 aliphatic carbocycles. The van der Waals surface area contributed by atoms with Crippen LogP contribution in [0.3, 0.4) is 0 Å². The highest BCUT2D eigenvalue weighted by Gasteiger charge is 2.39. The Kier molecular flexibility index (Phi) is 4.03. The van der Waals surface area contributed by atoms with Gasteiger partial charge in [-0.25, -0.2) is 0 Å². The van der Waals surface area contributed by atoms with Crippen LogP contribution in [0.25, 0.3) is 0 Å². The van der Waals surface area contributed by atoms with Gasteiger partial charge in [0.1, 0.15) is 6.10 Å². The van der Waals surface area contributed by atoms with Crippen molar-refractivity contribution in [2.75, 3.05) is 0 Å². The van der Waals surface area contributed by atoms with Crippen LogP contribution in [0.5, 0.6) is 0 Å². The van der Waals surface area contributed by atoms with E-state index in [4.69, 9.17) is 0 Å². The van der Waals surface area contributed by atoms with E-state index in [1.807, 2.05) is 18.2 Å².